The van der Waals surface area contributed by atoms with Gasteiger partial charge in [-0.1, -0.05) is 22.0 Å². The van der Waals surface area contributed by atoms with Gasteiger partial charge in [0.2, 0.25) is 0 Å². The molecule has 0 radical (unpaired) electrons. The highest BCUT2D eigenvalue weighted by atomic mass is 79.9. The molecule has 2 rings (SSSR count). The lowest BCUT2D eigenvalue weighted by Crippen LogP contribution is -2.19. The van der Waals surface area contributed by atoms with Crippen molar-refractivity contribution in [2.45, 2.75) is 0 Å². The van der Waals surface area contributed by atoms with E-state index in [1.165, 1.54) is 0 Å². The van der Waals surface area contributed by atoms with Crippen LogP contribution in [0.25, 0.3) is 0 Å². The average molecular weight is 343 g/mol. The quantitative estimate of drug-likeness (QED) is 0.783. The molecule has 0 aromatic heterocycles. The molecule has 0 atom stereocenters. The first-order valence-electron chi connectivity index (χ1n) is 5.32. The van der Waals surface area contributed by atoms with Gasteiger partial charge in [-0.3, -0.25) is 0 Å². The molecule has 0 unspecified atom stereocenters. The maximum atomic E-state index is 13.0. The van der Waals surface area contributed by atoms with Crippen LogP contribution in [0.3, 0.4) is 0 Å². The van der Waals surface area contributed by atoms with Crippen molar-refractivity contribution in [3.63, 3.8) is 0 Å². The minimum Gasteiger partial charge on any atom is -0.332 e. The van der Waals surface area contributed by atoms with Gasteiger partial charge in [-0.05, 0) is 42.5 Å². The van der Waals surface area contributed by atoms with Crippen LogP contribution in [0, 0.1) is 11.6 Å². The summed E-state index contributed by atoms with van der Waals surface area (Å²) in [6.45, 7) is 0. The molecule has 6 heteroatoms. The molecular weight excluding hydrogens is 334 g/mol. The number of thiocarbonyl (C=S) groups is 1. The first-order chi connectivity index (χ1) is 9.02. The molecule has 2 aromatic rings. The molecule has 0 saturated carbocycles. The van der Waals surface area contributed by atoms with E-state index in [4.69, 9.17) is 12.2 Å². The highest BCUT2D eigenvalue weighted by Gasteiger charge is 2.03. The molecule has 0 spiro atoms. The lowest BCUT2D eigenvalue weighted by atomic mass is 10.3. The number of anilines is 2. The van der Waals surface area contributed by atoms with Crippen LogP contribution in [0.2, 0.25) is 0 Å². The molecule has 0 bridgehead atoms. The zero-order chi connectivity index (χ0) is 13.8. The van der Waals surface area contributed by atoms with Crippen molar-refractivity contribution >= 4 is 44.6 Å². The zero-order valence-electron chi connectivity index (χ0n) is 9.58. The van der Waals surface area contributed by atoms with Crippen LogP contribution in [-0.4, -0.2) is 5.11 Å². The maximum absolute atomic E-state index is 13.0. The van der Waals surface area contributed by atoms with Gasteiger partial charge in [0, 0.05) is 21.9 Å². The van der Waals surface area contributed by atoms with Crippen LogP contribution < -0.4 is 10.6 Å². The number of hydrogen-bond acceptors (Lipinski definition) is 1. The van der Waals surface area contributed by atoms with Crippen molar-refractivity contribution in [2.24, 2.45) is 0 Å². The van der Waals surface area contributed by atoms with Crippen molar-refractivity contribution < 1.29 is 8.78 Å². The lowest BCUT2D eigenvalue weighted by molar-refractivity contribution is 0.584. The third-order valence-corrected chi connectivity index (χ3v) is 2.90. The first kappa shape index (κ1) is 13.9. The van der Waals surface area contributed by atoms with Gasteiger partial charge in [-0.2, -0.15) is 0 Å². The van der Waals surface area contributed by atoms with E-state index in [1.54, 1.807) is 0 Å². The van der Waals surface area contributed by atoms with Crippen LogP contribution in [0.15, 0.2) is 46.9 Å². The van der Waals surface area contributed by atoms with Gasteiger partial charge in [0.05, 0.1) is 0 Å². The minimum atomic E-state index is -0.659. The smallest absolute Gasteiger partial charge is 0.175 e. The predicted octanol–water partition coefficient (Wildman–Crippen LogP) is 4.54. The van der Waals surface area contributed by atoms with E-state index in [9.17, 15) is 8.78 Å². The lowest BCUT2D eigenvalue weighted by Gasteiger charge is -2.11. The van der Waals surface area contributed by atoms with Crippen LogP contribution in [0.1, 0.15) is 0 Å². The maximum Gasteiger partial charge on any atom is 0.175 e. The summed E-state index contributed by atoms with van der Waals surface area (Å²) in [6, 6.07) is 10.5. The third kappa shape index (κ3) is 4.25. The zero-order valence-corrected chi connectivity index (χ0v) is 12.0. The van der Waals surface area contributed by atoms with Gasteiger partial charge in [-0.25, -0.2) is 8.78 Å². The number of benzene rings is 2. The summed E-state index contributed by atoms with van der Waals surface area (Å²) in [5.41, 5.74) is 1.02. The number of halogens is 3. The Balaban J connectivity index is 2.05. The molecule has 19 heavy (non-hydrogen) atoms. The largest absolute Gasteiger partial charge is 0.332 e. The molecule has 98 valence electrons. The second kappa shape index (κ2) is 6.08. The molecule has 0 aliphatic rings. The van der Waals surface area contributed by atoms with Gasteiger partial charge >= 0.3 is 0 Å². The van der Waals surface area contributed by atoms with Crippen LogP contribution in [-0.2, 0) is 0 Å². The predicted molar refractivity (Wildman–Crippen MR) is 80.3 cm³/mol. The summed E-state index contributed by atoms with van der Waals surface area (Å²) in [5, 5.41) is 5.88. The van der Waals surface area contributed by atoms with E-state index < -0.39 is 11.6 Å². The van der Waals surface area contributed by atoms with Crippen LogP contribution >= 0.6 is 28.1 Å². The van der Waals surface area contributed by atoms with Crippen molar-refractivity contribution in [2.75, 3.05) is 10.6 Å². The molecule has 0 amide bonds. The van der Waals surface area contributed by atoms with E-state index >= 15 is 0 Å². The summed E-state index contributed by atoms with van der Waals surface area (Å²) in [6.07, 6.45) is 0. The Kier molecular flexibility index (Phi) is 4.44. The van der Waals surface area contributed by atoms with Crippen LogP contribution in [0.5, 0.6) is 0 Å². The summed E-state index contributed by atoms with van der Waals surface area (Å²) in [4.78, 5) is 0. The fourth-order valence-electron chi connectivity index (χ4n) is 1.49. The second-order valence-electron chi connectivity index (χ2n) is 3.75. The van der Waals surface area contributed by atoms with Crippen molar-refractivity contribution in [3.8, 4) is 0 Å². The molecule has 2 nitrogen and oxygen atoms in total. The van der Waals surface area contributed by atoms with Crippen molar-refractivity contribution in [1.82, 2.24) is 0 Å². The van der Waals surface area contributed by atoms with Gasteiger partial charge in [0.15, 0.2) is 5.11 Å². The van der Waals surface area contributed by atoms with Crippen molar-refractivity contribution in [3.05, 3.63) is 58.6 Å². The van der Waals surface area contributed by atoms with Gasteiger partial charge in [0.25, 0.3) is 0 Å². The topological polar surface area (TPSA) is 24.1 Å². The monoisotopic (exact) mass is 342 g/mol. The van der Waals surface area contributed by atoms with Gasteiger partial charge in [0.1, 0.15) is 11.6 Å². The second-order valence-corrected chi connectivity index (χ2v) is 5.07. The SMILES string of the molecule is Fc1cc(F)cc(NC(=S)Nc2cccc(Br)c2)c1. The Hall–Kier alpha value is -1.53. The molecule has 0 aliphatic carbocycles. The normalized spacial score (nSPS) is 10.1. The summed E-state index contributed by atoms with van der Waals surface area (Å²) in [5.74, 6) is -1.32. The Morgan fingerprint density at radius 2 is 1.58 bits per heavy atom. The Morgan fingerprint density at radius 1 is 0.947 bits per heavy atom. The first-order valence-corrected chi connectivity index (χ1v) is 6.53. The molecule has 0 saturated heterocycles. The average Bonchev–Trinajstić information content (AvgIpc) is 2.26. The minimum absolute atomic E-state index is 0.253. The van der Waals surface area contributed by atoms with Crippen molar-refractivity contribution in [1.29, 1.82) is 0 Å². The summed E-state index contributed by atoms with van der Waals surface area (Å²) >= 11 is 8.40. The highest BCUT2D eigenvalue weighted by molar-refractivity contribution is 9.10. The number of hydrogen-bond donors (Lipinski definition) is 2. The molecular formula is C13H9BrF2N2S. The Bertz CT molecular complexity index is 599. The highest BCUT2D eigenvalue weighted by Crippen LogP contribution is 2.17. The Morgan fingerprint density at radius 3 is 2.21 bits per heavy atom. The summed E-state index contributed by atoms with van der Waals surface area (Å²) in [7, 11) is 0. The standard InChI is InChI=1S/C13H9BrF2N2S/c14-8-2-1-3-11(4-8)17-13(19)18-12-6-9(15)5-10(16)7-12/h1-7H,(H2,17,18,19). The van der Waals surface area contributed by atoms with E-state index in [0.29, 0.717) is 0 Å². The molecule has 0 aliphatic heterocycles. The third-order valence-electron chi connectivity index (χ3n) is 2.20. The molecule has 0 fully saturated rings. The van der Waals surface area contributed by atoms with E-state index in [-0.39, 0.29) is 10.8 Å². The molecule has 2 aromatic carbocycles. The van der Waals surface area contributed by atoms with E-state index in [0.717, 1.165) is 28.4 Å². The molecule has 0 heterocycles. The summed E-state index contributed by atoms with van der Waals surface area (Å²) < 4.78 is 26.9. The Labute approximate surface area is 123 Å². The fourth-order valence-corrected chi connectivity index (χ4v) is 2.12. The molecule has 2 N–H and O–H groups in total. The number of rotatable bonds is 2. The fraction of sp³-hybridized carbons (Fsp3) is 0. The van der Waals surface area contributed by atoms with Crippen LogP contribution in [0.4, 0.5) is 20.2 Å². The van der Waals surface area contributed by atoms with E-state index in [1.807, 2.05) is 24.3 Å². The van der Waals surface area contributed by atoms with E-state index in [2.05, 4.69) is 26.6 Å². The van der Waals surface area contributed by atoms with Gasteiger partial charge < -0.3 is 10.6 Å². The number of nitrogens with one attached hydrogen (secondary N) is 2. The van der Waals surface area contributed by atoms with Gasteiger partial charge in [-0.15, -0.1) is 0 Å².